The Labute approximate surface area is 142 Å². The van der Waals surface area contributed by atoms with E-state index >= 15 is 0 Å². The van der Waals surface area contributed by atoms with Gasteiger partial charge in [0, 0.05) is 18.5 Å². The first-order valence-corrected chi connectivity index (χ1v) is 7.82. The monoisotopic (exact) mass is 353 g/mol. The van der Waals surface area contributed by atoms with Crippen LogP contribution in [0.3, 0.4) is 0 Å². The van der Waals surface area contributed by atoms with E-state index in [2.05, 4.69) is 5.10 Å². The Hall–Kier alpha value is -2.05. The maximum absolute atomic E-state index is 12.0. The van der Waals surface area contributed by atoms with Crippen molar-refractivity contribution in [3.05, 3.63) is 47.3 Å². The number of aromatic carboxylic acids is 1. The fourth-order valence-corrected chi connectivity index (χ4v) is 2.98. The second-order valence-corrected chi connectivity index (χ2v) is 6.23. The summed E-state index contributed by atoms with van der Waals surface area (Å²) in [5, 5.41) is 13.6. The Balaban J connectivity index is 2.04. The molecule has 1 N–H and O–H groups in total. The number of alkyl halides is 2. The second kappa shape index (κ2) is 6.22. The molecule has 1 aliphatic heterocycles. The maximum Gasteiger partial charge on any atom is 0.356 e. The quantitative estimate of drug-likeness (QED) is 0.858. The van der Waals surface area contributed by atoms with Crippen LogP contribution >= 0.6 is 23.2 Å². The number of halogens is 2. The normalized spacial score (nSPS) is 14.0. The molecule has 0 fully saturated rings. The summed E-state index contributed by atoms with van der Waals surface area (Å²) in [6, 6.07) is 9.29. The molecule has 0 radical (unpaired) electrons. The third kappa shape index (κ3) is 2.92. The number of aromatic nitrogens is 2. The Morgan fingerprint density at radius 1 is 1.22 bits per heavy atom. The van der Waals surface area contributed by atoms with Crippen molar-refractivity contribution in [1.29, 1.82) is 0 Å². The van der Waals surface area contributed by atoms with Crippen molar-refractivity contribution in [3.63, 3.8) is 0 Å². The van der Waals surface area contributed by atoms with Crippen LogP contribution in [0.25, 0.3) is 5.69 Å². The van der Waals surface area contributed by atoms with Crippen molar-refractivity contribution in [2.24, 2.45) is 0 Å². The number of fused-ring (bicyclic) bond motifs is 1. The third-order valence-corrected chi connectivity index (χ3v) is 4.13. The average molecular weight is 354 g/mol. The zero-order valence-corrected chi connectivity index (χ0v) is 13.5. The van der Waals surface area contributed by atoms with Gasteiger partial charge in [-0.25, -0.2) is 9.48 Å². The van der Waals surface area contributed by atoms with E-state index in [-0.39, 0.29) is 12.2 Å². The first-order valence-electron chi connectivity index (χ1n) is 6.95. The lowest BCUT2D eigenvalue weighted by Crippen LogP contribution is -2.39. The average Bonchev–Trinajstić information content (AvgIpc) is 2.93. The van der Waals surface area contributed by atoms with Gasteiger partial charge in [-0.15, -0.1) is 0 Å². The molecule has 0 saturated heterocycles. The predicted octanol–water partition coefficient (Wildman–Crippen LogP) is 2.26. The van der Waals surface area contributed by atoms with Gasteiger partial charge in [-0.1, -0.05) is 41.4 Å². The summed E-state index contributed by atoms with van der Waals surface area (Å²) in [6.45, 7) is 0.554. The van der Waals surface area contributed by atoms with Crippen LogP contribution in [0, 0.1) is 0 Å². The molecule has 1 aliphatic rings. The first-order chi connectivity index (χ1) is 11.0. The molecule has 120 valence electrons. The number of amides is 1. The Bertz CT molecular complexity index is 759. The van der Waals surface area contributed by atoms with E-state index in [9.17, 15) is 14.7 Å². The molecule has 23 heavy (non-hydrogen) atoms. The highest BCUT2D eigenvalue weighted by atomic mass is 35.5. The van der Waals surface area contributed by atoms with E-state index in [4.69, 9.17) is 23.2 Å². The molecule has 2 aromatic rings. The second-order valence-electron chi connectivity index (χ2n) is 5.14. The molecule has 1 aromatic heterocycles. The van der Waals surface area contributed by atoms with Crippen molar-refractivity contribution in [2.45, 2.75) is 17.8 Å². The van der Waals surface area contributed by atoms with Crippen LogP contribution in [0.15, 0.2) is 30.3 Å². The molecule has 0 saturated carbocycles. The van der Waals surface area contributed by atoms with Crippen molar-refractivity contribution < 1.29 is 14.7 Å². The summed E-state index contributed by atoms with van der Waals surface area (Å²) in [5.74, 6) is -1.55. The standard InChI is InChI=1S/C15H13Cl2N3O3/c16-13(17)14(21)19-7-6-11-10(8-19)12(15(22)23)18-20(11)9-4-2-1-3-5-9/h1-5,13H,6-8H2,(H,22,23). The minimum absolute atomic E-state index is 0.0537. The summed E-state index contributed by atoms with van der Waals surface area (Å²) in [5.41, 5.74) is 2.04. The van der Waals surface area contributed by atoms with Gasteiger partial charge in [0.25, 0.3) is 5.91 Å². The van der Waals surface area contributed by atoms with Crippen molar-refractivity contribution in [2.75, 3.05) is 6.54 Å². The van der Waals surface area contributed by atoms with Crippen LogP contribution in [0.4, 0.5) is 0 Å². The number of carbonyl (C=O) groups is 2. The number of hydrogen-bond donors (Lipinski definition) is 1. The van der Waals surface area contributed by atoms with Gasteiger partial charge in [0.1, 0.15) is 0 Å². The van der Waals surface area contributed by atoms with Crippen LogP contribution in [-0.4, -0.2) is 43.0 Å². The van der Waals surface area contributed by atoms with Crippen LogP contribution in [0.5, 0.6) is 0 Å². The minimum atomic E-state index is -1.16. The minimum Gasteiger partial charge on any atom is -0.476 e. The van der Waals surface area contributed by atoms with Gasteiger partial charge in [0.05, 0.1) is 17.9 Å². The van der Waals surface area contributed by atoms with E-state index in [0.29, 0.717) is 18.5 Å². The van der Waals surface area contributed by atoms with Gasteiger partial charge >= 0.3 is 5.97 Å². The number of carboxylic acid groups (broad SMARTS) is 1. The highest BCUT2D eigenvalue weighted by Crippen LogP contribution is 2.26. The smallest absolute Gasteiger partial charge is 0.356 e. The maximum atomic E-state index is 12.0. The van der Waals surface area contributed by atoms with Crippen LogP contribution in [0.2, 0.25) is 0 Å². The molecule has 0 atom stereocenters. The molecule has 1 amide bonds. The molecule has 0 bridgehead atoms. The zero-order chi connectivity index (χ0) is 16.6. The van der Waals surface area contributed by atoms with Crippen molar-refractivity contribution in [1.82, 2.24) is 14.7 Å². The number of rotatable bonds is 3. The molecule has 0 spiro atoms. The van der Waals surface area contributed by atoms with E-state index in [1.165, 1.54) is 4.90 Å². The van der Waals surface area contributed by atoms with Gasteiger partial charge in [-0.05, 0) is 12.1 Å². The fourth-order valence-electron chi connectivity index (χ4n) is 2.70. The summed E-state index contributed by atoms with van der Waals surface area (Å²) < 4.78 is 1.62. The number of nitrogens with zero attached hydrogens (tertiary/aromatic N) is 3. The van der Waals surface area contributed by atoms with E-state index < -0.39 is 16.7 Å². The molecule has 3 rings (SSSR count). The SMILES string of the molecule is O=C(O)c1nn(-c2ccccc2)c2c1CN(C(=O)C(Cl)Cl)CC2. The van der Waals surface area contributed by atoms with Crippen LogP contribution in [0.1, 0.15) is 21.7 Å². The van der Waals surface area contributed by atoms with Gasteiger partial charge in [0.15, 0.2) is 10.5 Å². The molecule has 0 aliphatic carbocycles. The zero-order valence-electron chi connectivity index (χ0n) is 11.9. The molecule has 1 aromatic carbocycles. The Morgan fingerprint density at radius 3 is 2.52 bits per heavy atom. The largest absolute Gasteiger partial charge is 0.476 e. The Morgan fingerprint density at radius 2 is 1.91 bits per heavy atom. The van der Waals surface area contributed by atoms with E-state index in [1.54, 1.807) is 4.68 Å². The molecular weight excluding hydrogens is 341 g/mol. The van der Waals surface area contributed by atoms with Crippen molar-refractivity contribution in [3.8, 4) is 5.69 Å². The number of benzene rings is 1. The lowest BCUT2D eigenvalue weighted by molar-refractivity contribution is -0.130. The number of carboxylic acids is 1. The molecular formula is C15H13Cl2N3O3. The van der Waals surface area contributed by atoms with Crippen LogP contribution in [-0.2, 0) is 17.8 Å². The third-order valence-electron chi connectivity index (χ3n) is 3.76. The first kappa shape index (κ1) is 15.8. The highest BCUT2D eigenvalue weighted by molar-refractivity contribution is 6.53. The molecule has 8 heteroatoms. The lowest BCUT2D eigenvalue weighted by atomic mass is 10.0. The molecule has 6 nitrogen and oxygen atoms in total. The van der Waals surface area contributed by atoms with Gasteiger partial charge < -0.3 is 10.0 Å². The van der Waals surface area contributed by atoms with Gasteiger partial charge in [0.2, 0.25) is 0 Å². The predicted molar refractivity (Wildman–Crippen MR) is 85.1 cm³/mol. The highest BCUT2D eigenvalue weighted by Gasteiger charge is 2.31. The summed E-state index contributed by atoms with van der Waals surface area (Å²) in [7, 11) is 0. The number of carbonyl (C=O) groups excluding carboxylic acids is 1. The number of para-hydroxylation sites is 1. The number of hydrogen-bond acceptors (Lipinski definition) is 3. The van der Waals surface area contributed by atoms with Crippen LogP contribution < -0.4 is 0 Å². The van der Waals surface area contributed by atoms with Crippen molar-refractivity contribution >= 4 is 35.1 Å². The van der Waals surface area contributed by atoms with E-state index in [0.717, 1.165) is 11.4 Å². The summed E-state index contributed by atoms with van der Waals surface area (Å²) in [4.78, 5) is 23.7. The lowest BCUT2D eigenvalue weighted by Gasteiger charge is -2.28. The van der Waals surface area contributed by atoms with Gasteiger partial charge in [-0.2, -0.15) is 5.10 Å². The molecule has 2 heterocycles. The van der Waals surface area contributed by atoms with Gasteiger partial charge in [-0.3, -0.25) is 4.79 Å². The summed E-state index contributed by atoms with van der Waals surface area (Å²) in [6.07, 6.45) is 0.483. The Kier molecular flexibility index (Phi) is 4.28. The topological polar surface area (TPSA) is 75.4 Å². The molecule has 0 unspecified atom stereocenters. The summed E-state index contributed by atoms with van der Waals surface area (Å²) >= 11 is 11.3. The fraction of sp³-hybridized carbons (Fsp3) is 0.267. The van der Waals surface area contributed by atoms with E-state index in [1.807, 2.05) is 30.3 Å².